The molecule has 0 bridgehead atoms. The van der Waals surface area contributed by atoms with Gasteiger partial charge in [0.05, 0.1) is 19.3 Å². The fourth-order valence-corrected chi connectivity index (χ4v) is 2.89. The first-order chi connectivity index (χ1) is 19.2. The lowest BCUT2D eigenvalue weighted by molar-refractivity contribution is -0.146. The Morgan fingerprint density at radius 3 is 1.00 bits per heavy atom. The smallest absolute Gasteiger partial charge is 0.308 e. The second-order valence-electron chi connectivity index (χ2n) is 7.94. The van der Waals surface area contributed by atoms with E-state index in [1.807, 2.05) is 0 Å². The average molecular weight is 573 g/mol. The maximum Gasteiger partial charge on any atom is 0.308 e. The van der Waals surface area contributed by atoms with Gasteiger partial charge in [-0.15, -0.1) is 0 Å². The molecule has 0 saturated heterocycles. The van der Waals surface area contributed by atoms with Crippen LogP contribution in [0.2, 0.25) is 0 Å². The Bertz CT molecular complexity index is 755. The summed E-state index contributed by atoms with van der Waals surface area (Å²) in [6.07, 6.45) is 0.936. The first kappa shape index (κ1) is 35.8. The summed E-state index contributed by atoms with van der Waals surface area (Å²) in [5.74, 6) is -3.07. The lowest BCUT2D eigenvalue weighted by atomic mass is 10.2. The third kappa shape index (κ3) is 21.8. The third-order valence-electron chi connectivity index (χ3n) is 4.86. The molecule has 16 heteroatoms. The summed E-state index contributed by atoms with van der Waals surface area (Å²) in [5.41, 5.74) is 0. The summed E-state index contributed by atoms with van der Waals surface area (Å²) < 4.78 is 13.7. The van der Waals surface area contributed by atoms with Crippen molar-refractivity contribution in [1.29, 1.82) is 0 Å². The SMILES string of the molecule is O=CCOC(=O)CCNC(=O)CCN(CCC(=O)NCCC(=O)OCC=O)CCC(=O)NCCC(=O)OCC=O. The van der Waals surface area contributed by atoms with E-state index in [4.69, 9.17) is 0 Å². The Morgan fingerprint density at radius 2 is 0.750 bits per heavy atom. The van der Waals surface area contributed by atoms with E-state index >= 15 is 0 Å². The summed E-state index contributed by atoms with van der Waals surface area (Å²) in [6.45, 7) is -0.538. The summed E-state index contributed by atoms with van der Waals surface area (Å²) >= 11 is 0. The molecule has 0 aromatic heterocycles. The number of nitrogens with zero attached hydrogens (tertiary/aromatic N) is 1. The van der Waals surface area contributed by atoms with Gasteiger partial charge in [-0.1, -0.05) is 0 Å². The van der Waals surface area contributed by atoms with Crippen molar-refractivity contribution in [3.8, 4) is 0 Å². The molecule has 3 N–H and O–H groups in total. The minimum absolute atomic E-state index is 0.00221. The second kappa shape index (κ2) is 23.9. The topological polar surface area (TPSA) is 221 Å². The normalized spacial score (nSPS) is 10.1. The second-order valence-corrected chi connectivity index (χ2v) is 7.94. The monoisotopic (exact) mass is 572 g/mol. The fraction of sp³-hybridized carbons (Fsp3) is 0.625. The summed E-state index contributed by atoms with van der Waals surface area (Å²) in [6, 6.07) is 0. The molecule has 0 rings (SSSR count). The average Bonchev–Trinajstić information content (AvgIpc) is 2.93. The highest BCUT2D eigenvalue weighted by atomic mass is 16.5. The zero-order valence-corrected chi connectivity index (χ0v) is 22.2. The molecule has 0 aliphatic heterocycles. The number of amides is 3. The summed E-state index contributed by atoms with van der Waals surface area (Å²) in [5, 5.41) is 7.61. The van der Waals surface area contributed by atoms with Gasteiger partial charge < -0.3 is 35.1 Å². The number of carbonyl (C=O) groups is 9. The molecule has 0 spiro atoms. The van der Waals surface area contributed by atoms with E-state index in [9.17, 15) is 43.2 Å². The molecule has 3 amide bonds. The zero-order valence-electron chi connectivity index (χ0n) is 22.2. The van der Waals surface area contributed by atoms with Crippen LogP contribution in [-0.2, 0) is 57.4 Å². The van der Waals surface area contributed by atoms with Crippen molar-refractivity contribution < 1.29 is 57.4 Å². The molecule has 0 aromatic carbocycles. The van der Waals surface area contributed by atoms with Gasteiger partial charge in [0.25, 0.3) is 0 Å². The molecule has 0 unspecified atom stereocenters. The zero-order chi connectivity index (χ0) is 30.0. The standard InChI is InChI=1S/C24H36N4O12/c29-13-16-38-22(35)1-7-25-19(32)4-10-28(11-5-20(33)26-8-2-23(36)39-17-14-30)12-6-21(34)27-9-3-24(37)40-18-15-31/h13-15H,1-12,16-18H2,(H,25,32)(H,26,33)(H,27,34). The Labute approximate surface area is 230 Å². The largest absolute Gasteiger partial charge is 0.458 e. The molecule has 16 nitrogen and oxygen atoms in total. The molecule has 0 radical (unpaired) electrons. The quantitative estimate of drug-likeness (QED) is 0.0605. The highest BCUT2D eigenvalue weighted by Crippen LogP contribution is 1.99. The van der Waals surface area contributed by atoms with Crippen LogP contribution in [0.5, 0.6) is 0 Å². The summed E-state index contributed by atoms with van der Waals surface area (Å²) in [4.78, 5) is 103. The lowest BCUT2D eigenvalue weighted by Gasteiger charge is -2.21. The first-order valence-corrected chi connectivity index (χ1v) is 12.5. The van der Waals surface area contributed by atoms with Crippen LogP contribution < -0.4 is 16.0 Å². The number of ether oxygens (including phenoxy) is 3. The number of rotatable bonds is 24. The van der Waals surface area contributed by atoms with E-state index < -0.39 is 17.9 Å². The minimum atomic E-state index is -0.639. The molecule has 0 atom stereocenters. The van der Waals surface area contributed by atoms with Crippen LogP contribution in [0.4, 0.5) is 0 Å². The number of esters is 3. The van der Waals surface area contributed by atoms with Crippen LogP contribution >= 0.6 is 0 Å². The summed E-state index contributed by atoms with van der Waals surface area (Å²) in [7, 11) is 0. The van der Waals surface area contributed by atoms with Crippen LogP contribution in [0.15, 0.2) is 0 Å². The lowest BCUT2D eigenvalue weighted by Crippen LogP contribution is -2.37. The van der Waals surface area contributed by atoms with Crippen LogP contribution in [-0.4, -0.2) is 118 Å². The van der Waals surface area contributed by atoms with Crippen LogP contribution in [0, 0.1) is 0 Å². The molecule has 0 aliphatic rings. The molecule has 0 fully saturated rings. The van der Waals surface area contributed by atoms with Crippen LogP contribution in [0.25, 0.3) is 0 Å². The van der Waals surface area contributed by atoms with Gasteiger partial charge in [0.15, 0.2) is 18.9 Å². The van der Waals surface area contributed by atoms with E-state index in [0.717, 1.165) is 0 Å². The van der Waals surface area contributed by atoms with E-state index in [2.05, 4.69) is 30.2 Å². The van der Waals surface area contributed by atoms with Crippen LogP contribution in [0.3, 0.4) is 0 Å². The molecular weight excluding hydrogens is 536 g/mol. The van der Waals surface area contributed by atoms with Gasteiger partial charge in [-0.05, 0) is 0 Å². The van der Waals surface area contributed by atoms with E-state index in [1.165, 1.54) is 0 Å². The molecule has 0 aromatic rings. The number of nitrogens with one attached hydrogen (secondary N) is 3. The minimum Gasteiger partial charge on any atom is -0.458 e. The molecule has 0 aliphatic carbocycles. The number of carbonyl (C=O) groups excluding carboxylic acids is 9. The van der Waals surface area contributed by atoms with Crippen molar-refractivity contribution in [3.63, 3.8) is 0 Å². The van der Waals surface area contributed by atoms with Gasteiger partial charge in [-0.3, -0.25) is 43.2 Å². The van der Waals surface area contributed by atoms with E-state index in [0.29, 0.717) is 18.9 Å². The maximum atomic E-state index is 12.1. The van der Waals surface area contributed by atoms with Gasteiger partial charge in [-0.25, -0.2) is 0 Å². The highest BCUT2D eigenvalue weighted by Gasteiger charge is 2.14. The van der Waals surface area contributed by atoms with Crippen molar-refractivity contribution >= 4 is 54.5 Å². The predicted molar refractivity (Wildman–Crippen MR) is 134 cm³/mol. The molecule has 0 saturated carbocycles. The van der Waals surface area contributed by atoms with Crippen LogP contribution in [0.1, 0.15) is 38.5 Å². The van der Waals surface area contributed by atoms with Crippen molar-refractivity contribution in [2.75, 3.05) is 59.1 Å². The predicted octanol–water partition coefficient (Wildman–Crippen LogP) is -2.80. The highest BCUT2D eigenvalue weighted by molar-refractivity contribution is 5.79. The van der Waals surface area contributed by atoms with Crippen molar-refractivity contribution in [3.05, 3.63) is 0 Å². The van der Waals surface area contributed by atoms with E-state index in [-0.39, 0.29) is 115 Å². The third-order valence-corrected chi connectivity index (χ3v) is 4.86. The molecule has 0 heterocycles. The van der Waals surface area contributed by atoms with Gasteiger partial charge in [-0.2, -0.15) is 0 Å². The Kier molecular flexibility index (Phi) is 21.4. The van der Waals surface area contributed by atoms with Gasteiger partial charge in [0, 0.05) is 58.5 Å². The van der Waals surface area contributed by atoms with Crippen molar-refractivity contribution in [1.82, 2.24) is 20.9 Å². The number of hydrogen-bond acceptors (Lipinski definition) is 13. The van der Waals surface area contributed by atoms with Crippen molar-refractivity contribution in [2.24, 2.45) is 0 Å². The molecule has 40 heavy (non-hydrogen) atoms. The van der Waals surface area contributed by atoms with Crippen molar-refractivity contribution in [2.45, 2.75) is 38.5 Å². The maximum absolute atomic E-state index is 12.1. The molecule has 224 valence electrons. The fourth-order valence-electron chi connectivity index (χ4n) is 2.89. The van der Waals surface area contributed by atoms with E-state index in [1.54, 1.807) is 4.90 Å². The van der Waals surface area contributed by atoms with Gasteiger partial charge >= 0.3 is 17.9 Å². The Balaban J connectivity index is 4.62. The van der Waals surface area contributed by atoms with Gasteiger partial charge in [0.1, 0.15) is 19.8 Å². The Morgan fingerprint density at radius 1 is 0.475 bits per heavy atom. The number of aldehydes is 3. The molecular formula is C24H36N4O12. The number of hydrogen-bond donors (Lipinski definition) is 3. The Hall–Kier alpha value is -4.21. The first-order valence-electron chi connectivity index (χ1n) is 12.5. The van der Waals surface area contributed by atoms with Gasteiger partial charge in [0.2, 0.25) is 17.7 Å².